The minimum absolute atomic E-state index is 0.273. The number of nitrogens with zero attached hydrogens (tertiary/aromatic N) is 3. The van der Waals surface area contributed by atoms with Crippen LogP contribution in [0.1, 0.15) is 11.3 Å². The van der Waals surface area contributed by atoms with Crippen LogP contribution in [0.25, 0.3) is 0 Å². The molecule has 0 radical (unpaired) electrons. The average molecular weight is 268 g/mol. The Morgan fingerprint density at radius 2 is 2.00 bits per heavy atom. The molecule has 2 aromatic rings. The molecule has 0 spiro atoms. The number of benzene rings is 1. The van der Waals surface area contributed by atoms with Crippen molar-refractivity contribution >= 4 is 11.4 Å². The predicted octanol–water partition coefficient (Wildman–Crippen LogP) is 2.70. The van der Waals surface area contributed by atoms with Gasteiger partial charge < -0.3 is 15.4 Å². The summed E-state index contributed by atoms with van der Waals surface area (Å²) in [6.07, 6.45) is 0. The third-order valence-corrected chi connectivity index (χ3v) is 2.84. The normalized spacial score (nSPS) is 9.90. The molecule has 0 bridgehead atoms. The maximum absolute atomic E-state index is 9.09. The van der Waals surface area contributed by atoms with E-state index in [1.807, 2.05) is 38.1 Å². The second-order valence-corrected chi connectivity index (χ2v) is 4.64. The van der Waals surface area contributed by atoms with Crippen molar-refractivity contribution in [2.45, 2.75) is 6.92 Å². The lowest BCUT2D eigenvalue weighted by molar-refractivity contribution is 0.462. The largest absolute Gasteiger partial charge is 0.435 e. The van der Waals surface area contributed by atoms with Crippen molar-refractivity contribution in [3.05, 3.63) is 41.6 Å². The van der Waals surface area contributed by atoms with E-state index < -0.39 is 0 Å². The molecular weight excluding hydrogens is 252 g/mol. The summed E-state index contributed by atoms with van der Waals surface area (Å²) in [5.74, 6) is 0.765. The quantitative estimate of drug-likeness (QED) is 0.866. The maximum Gasteiger partial charge on any atom is 0.237 e. The third kappa shape index (κ3) is 2.81. The van der Waals surface area contributed by atoms with E-state index >= 15 is 0 Å². The molecule has 0 aliphatic rings. The van der Waals surface area contributed by atoms with Crippen LogP contribution in [0.2, 0.25) is 0 Å². The van der Waals surface area contributed by atoms with Crippen molar-refractivity contribution in [1.82, 2.24) is 4.98 Å². The maximum atomic E-state index is 9.09. The van der Waals surface area contributed by atoms with Crippen molar-refractivity contribution in [3.63, 3.8) is 0 Å². The summed E-state index contributed by atoms with van der Waals surface area (Å²) in [4.78, 5) is 6.19. The van der Waals surface area contributed by atoms with Gasteiger partial charge in [0.25, 0.3) is 0 Å². The summed E-state index contributed by atoms with van der Waals surface area (Å²) in [7, 11) is 3.86. The smallest absolute Gasteiger partial charge is 0.237 e. The minimum atomic E-state index is 0.273. The number of nitrogens with two attached hydrogens (primary N) is 1. The first kappa shape index (κ1) is 13.7. The second-order valence-electron chi connectivity index (χ2n) is 4.64. The van der Waals surface area contributed by atoms with Crippen LogP contribution < -0.4 is 15.4 Å². The molecule has 0 amide bonds. The van der Waals surface area contributed by atoms with Crippen LogP contribution in [0.4, 0.5) is 11.4 Å². The van der Waals surface area contributed by atoms with E-state index in [0.29, 0.717) is 17.0 Å². The predicted molar refractivity (Wildman–Crippen MR) is 78.9 cm³/mol. The van der Waals surface area contributed by atoms with Crippen LogP contribution in [0, 0.1) is 18.3 Å². The zero-order valence-corrected chi connectivity index (χ0v) is 11.7. The minimum Gasteiger partial charge on any atom is -0.435 e. The fraction of sp³-hybridized carbons (Fsp3) is 0.200. The monoisotopic (exact) mass is 268 g/mol. The zero-order valence-electron chi connectivity index (χ0n) is 11.7. The van der Waals surface area contributed by atoms with Crippen molar-refractivity contribution in [3.8, 4) is 17.7 Å². The molecule has 0 fully saturated rings. The molecule has 0 unspecified atom stereocenters. The summed E-state index contributed by atoms with van der Waals surface area (Å²) in [6, 6.07) is 11.0. The number of ether oxygens (including phenoxy) is 1. The highest BCUT2D eigenvalue weighted by Crippen LogP contribution is 2.31. The average Bonchev–Trinajstić information content (AvgIpc) is 2.41. The van der Waals surface area contributed by atoms with Crippen LogP contribution >= 0.6 is 0 Å². The van der Waals surface area contributed by atoms with E-state index in [9.17, 15) is 0 Å². The molecule has 0 aliphatic carbocycles. The van der Waals surface area contributed by atoms with Gasteiger partial charge in [-0.15, -0.1) is 0 Å². The van der Waals surface area contributed by atoms with Gasteiger partial charge in [0.15, 0.2) is 5.75 Å². The summed E-state index contributed by atoms with van der Waals surface area (Å²) >= 11 is 0. The Bertz CT molecular complexity index is 674. The number of hydrogen-bond acceptors (Lipinski definition) is 5. The second kappa shape index (κ2) is 5.49. The van der Waals surface area contributed by atoms with E-state index in [1.165, 1.54) is 0 Å². The summed E-state index contributed by atoms with van der Waals surface area (Å²) in [5.41, 5.74) is 8.53. The molecule has 1 aromatic carbocycles. The SMILES string of the molecule is Cc1ccc(C#N)c(Oc2cc(N(C)C)ccc2N)n1. The fourth-order valence-corrected chi connectivity index (χ4v) is 1.69. The van der Waals surface area contributed by atoms with Gasteiger partial charge in [0, 0.05) is 31.5 Å². The van der Waals surface area contributed by atoms with Gasteiger partial charge in [-0.1, -0.05) is 0 Å². The number of nitrogen functional groups attached to an aromatic ring is 1. The van der Waals surface area contributed by atoms with E-state index in [-0.39, 0.29) is 5.88 Å². The van der Waals surface area contributed by atoms with Gasteiger partial charge >= 0.3 is 0 Å². The number of pyridine rings is 1. The Kier molecular flexibility index (Phi) is 3.76. The summed E-state index contributed by atoms with van der Waals surface area (Å²) in [5, 5.41) is 9.09. The number of aryl methyl sites for hydroxylation is 1. The Balaban J connectivity index is 2.42. The number of aromatic nitrogens is 1. The molecule has 2 N–H and O–H groups in total. The van der Waals surface area contributed by atoms with Gasteiger partial charge in [-0.3, -0.25) is 0 Å². The van der Waals surface area contributed by atoms with Crippen LogP contribution in [-0.4, -0.2) is 19.1 Å². The highest BCUT2D eigenvalue weighted by Gasteiger charge is 2.10. The number of anilines is 2. The first-order chi connectivity index (χ1) is 9.51. The van der Waals surface area contributed by atoms with Crippen LogP contribution in [-0.2, 0) is 0 Å². The number of hydrogen-bond donors (Lipinski definition) is 1. The lowest BCUT2D eigenvalue weighted by atomic mass is 10.2. The molecule has 0 saturated carbocycles. The van der Waals surface area contributed by atoms with Crippen molar-refractivity contribution in [2.24, 2.45) is 0 Å². The first-order valence-electron chi connectivity index (χ1n) is 6.13. The molecule has 5 nitrogen and oxygen atoms in total. The van der Waals surface area contributed by atoms with Gasteiger partial charge in [-0.2, -0.15) is 5.26 Å². The van der Waals surface area contributed by atoms with E-state index in [1.54, 1.807) is 18.2 Å². The Morgan fingerprint density at radius 1 is 1.25 bits per heavy atom. The molecule has 0 atom stereocenters. The standard InChI is InChI=1S/C15H16N4O/c1-10-4-5-11(9-16)15(18-10)20-14-8-12(19(2)3)6-7-13(14)17/h4-8H,17H2,1-3H3. The van der Waals surface area contributed by atoms with Gasteiger partial charge in [-0.05, 0) is 31.2 Å². The third-order valence-electron chi connectivity index (χ3n) is 2.84. The van der Waals surface area contributed by atoms with Crippen LogP contribution in [0.5, 0.6) is 11.6 Å². The molecule has 0 saturated heterocycles. The molecule has 5 heteroatoms. The zero-order chi connectivity index (χ0) is 14.7. The molecule has 1 heterocycles. The van der Waals surface area contributed by atoms with E-state index in [0.717, 1.165) is 11.4 Å². The number of rotatable bonds is 3. The molecule has 1 aromatic heterocycles. The van der Waals surface area contributed by atoms with Gasteiger partial charge in [0.05, 0.1) is 5.69 Å². The lowest BCUT2D eigenvalue weighted by Crippen LogP contribution is -2.09. The number of nitriles is 1. The van der Waals surface area contributed by atoms with E-state index in [4.69, 9.17) is 15.7 Å². The van der Waals surface area contributed by atoms with Crippen LogP contribution in [0.15, 0.2) is 30.3 Å². The summed E-state index contributed by atoms with van der Waals surface area (Å²) < 4.78 is 5.72. The fourth-order valence-electron chi connectivity index (χ4n) is 1.69. The Hall–Kier alpha value is -2.74. The van der Waals surface area contributed by atoms with Crippen LogP contribution in [0.3, 0.4) is 0 Å². The molecule has 0 aliphatic heterocycles. The molecule has 20 heavy (non-hydrogen) atoms. The van der Waals surface area contributed by atoms with Crippen molar-refractivity contribution in [2.75, 3.05) is 24.7 Å². The first-order valence-corrected chi connectivity index (χ1v) is 6.13. The highest BCUT2D eigenvalue weighted by atomic mass is 16.5. The Morgan fingerprint density at radius 3 is 2.65 bits per heavy atom. The molecular formula is C15H16N4O. The summed E-state index contributed by atoms with van der Waals surface area (Å²) in [6.45, 7) is 1.84. The highest BCUT2D eigenvalue weighted by molar-refractivity contribution is 5.63. The van der Waals surface area contributed by atoms with Gasteiger partial charge in [0.1, 0.15) is 11.6 Å². The van der Waals surface area contributed by atoms with E-state index in [2.05, 4.69) is 11.1 Å². The molecule has 102 valence electrons. The topological polar surface area (TPSA) is 75.2 Å². The molecule has 2 rings (SSSR count). The van der Waals surface area contributed by atoms with Crippen molar-refractivity contribution in [1.29, 1.82) is 5.26 Å². The van der Waals surface area contributed by atoms with Crippen molar-refractivity contribution < 1.29 is 4.74 Å². The van der Waals surface area contributed by atoms with Gasteiger partial charge in [0.2, 0.25) is 5.88 Å². The Labute approximate surface area is 118 Å². The lowest BCUT2D eigenvalue weighted by Gasteiger charge is -2.15. The van der Waals surface area contributed by atoms with Gasteiger partial charge in [-0.25, -0.2) is 4.98 Å².